The van der Waals surface area contributed by atoms with E-state index < -0.39 is 11.9 Å². The Morgan fingerprint density at radius 2 is 2.00 bits per heavy atom. The predicted molar refractivity (Wildman–Crippen MR) is 84.6 cm³/mol. The number of nitrogens with one attached hydrogen (secondary N) is 1. The minimum atomic E-state index is -0.556. The van der Waals surface area contributed by atoms with Crippen LogP contribution in [-0.2, 0) is 4.74 Å². The van der Waals surface area contributed by atoms with Gasteiger partial charge in [-0.2, -0.15) is 0 Å². The molecular formula is C15H12Cl2N2O3. The molecule has 5 nitrogen and oxygen atoms in total. The summed E-state index contributed by atoms with van der Waals surface area (Å²) in [5.74, 6) is -0.889. The number of carbonyl (C=O) groups excluding carboxylic acids is 2. The van der Waals surface area contributed by atoms with Gasteiger partial charge < -0.3 is 10.1 Å². The van der Waals surface area contributed by atoms with E-state index in [-0.39, 0.29) is 23.0 Å². The molecule has 22 heavy (non-hydrogen) atoms. The largest absolute Gasteiger partial charge is 0.462 e. The lowest BCUT2D eigenvalue weighted by Gasteiger charge is -2.09. The molecule has 0 saturated heterocycles. The number of amides is 1. The summed E-state index contributed by atoms with van der Waals surface area (Å²) in [4.78, 5) is 28.0. The molecule has 0 saturated carbocycles. The van der Waals surface area contributed by atoms with Crippen molar-refractivity contribution in [2.24, 2.45) is 0 Å². The second-order valence-electron chi connectivity index (χ2n) is 4.20. The number of halogens is 2. The SMILES string of the molecule is CCOC(=O)c1cccnc1NC(=O)c1ccc(Cl)c(Cl)c1. The van der Waals surface area contributed by atoms with Gasteiger partial charge in [0.2, 0.25) is 0 Å². The monoisotopic (exact) mass is 338 g/mol. The summed E-state index contributed by atoms with van der Waals surface area (Å²) >= 11 is 11.7. The van der Waals surface area contributed by atoms with Crippen LogP contribution in [-0.4, -0.2) is 23.5 Å². The fourth-order valence-corrected chi connectivity index (χ4v) is 1.99. The molecule has 0 aliphatic rings. The van der Waals surface area contributed by atoms with E-state index in [9.17, 15) is 9.59 Å². The average molecular weight is 339 g/mol. The van der Waals surface area contributed by atoms with Crippen molar-refractivity contribution in [3.63, 3.8) is 0 Å². The minimum absolute atomic E-state index is 0.122. The molecule has 0 aliphatic heterocycles. The highest BCUT2D eigenvalue weighted by atomic mass is 35.5. The lowest BCUT2D eigenvalue weighted by atomic mass is 10.2. The maximum atomic E-state index is 12.2. The zero-order valence-corrected chi connectivity index (χ0v) is 13.1. The van der Waals surface area contributed by atoms with E-state index >= 15 is 0 Å². The van der Waals surface area contributed by atoms with Crippen LogP contribution < -0.4 is 5.32 Å². The second-order valence-corrected chi connectivity index (χ2v) is 5.02. The first-order valence-electron chi connectivity index (χ1n) is 6.41. The topological polar surface area (TPSA) is 68.3 Å². The first kappa shape index (κ1) is 16.3. The maximum absolute atomic E-state index is 12.2. The Balaban J connectivity index is 2.25. The number of hydrogen-bond acceptors (Lipinski definition) is 4. The van der Waals surface area contributed by atoms with Crippen molar-refractivity contribution in [3.8, 4) is 0 Å². The first-order chi connectivity index (χ1) is 10.5. The van der Waals surface area contributed by atoms with Crippen LogP contribution >= 0.6 is 23.2 Å². The molecular weight excluding hydrogens is 327 g/mol. The van der Waals surface area contributed by atoms with Gasteiger partial charge in [0.25, 0.3) is 5.91 Å². The van der Waals surface area contributed by atoms with Gasteiger partial charge in [-0.05, 0) is 37.3 Å². The van der Waals surface area contributed by atoms with E-state index in [1.807, 2.05) is 0 Å². The molecule has 114 valence electrons. The number of aromatic nitrogens is 1. The van der Waals surface area contributed by atoms with Crippen LogP contribution in [0.1, 0.15) is 27.6 Å². The van der Waals surface area contributed by atoms with Crippen LogP contribution in [0.4, 0.5) is 5.82 Å². The van der Waals surface area contributed by atoms with Crippen molar-refractivity contribution >= 4 is 40.9 Å². The molecule has 2 rings (SSSR count). The van der Waals surface area contributed by atoms with Gasteiger partial charge in [-0.1, -0.05) is 23.2 Å². The molecule has 0 spiro atoms. The van der Waals surface area contributed by atoms with Gasteiger partial charge in [0.15, 0.2) is 0 Å². The van der Waals surface area contributed by atoms with E-state index in [2.05, 4.69) is 10.3 Å². The van der Waals surface area contributed by atoms with E-state index in [0.29, 0.717) is 10.6 Å². The molecule has 2 aromatic rings. The standard InChI is InChI=1S/C15H12Cl2N2O3/c1-2-22-15(21)10-4-3-7-18-13(10)19-14(20)9-5-6-11(16)12(17)8-9/h3-8H,2H2,1H3,(H,18,19,20). The van der Waals surface area contributed by atoms with Crippen molar-refractivity contribution < 1.29 is 14.3 Å². The van der Waals surface area contributed by atoms with Gasteiger partial charge in [0.1, 0.15) is 11.4 Å². The third-order valence-corrected chi connectivity index (χ3v) is 3.46. The smallest absolute Gasteiger partial charge is 0.341 e. The number of ether oxygens (including phenoxy) is 1. The maximum Gasteiger partial charge on any atom is 0.341 e. The molecule has 0 radical (unpaired) electrons. The van der Waals surface area contributed by atoms with E-state index in [0.717, 1.165) is 0 Å². The Kier molecular flexibility index (Phi) is 5.35. The highest BCUT2D eigenvalue weighted by Crippen LogP contribution is 2.23. The van der Waals surface area contributed by atoms with Crippen molar-refractivity contribution in [1.82, 2.24) is 4.98 Å². The van der Waals surface area contributed by atoms with Crippen molar-refractivity contribution in [3.05, 3.63) is 57.7 Å². The Labute approximate surface area is 137 Å². The molecule has 0 atom stereocenters. The number of nitrogens with zero attached hydrogens (tertiary/aromatic N) is 1. The summed E-state index contributed by atoms with van der Waals surface area (Å²) in [6.45, 7) is 1.93. The summed E-state index contributed by atoms with van der Waals surface area (Å²) in [5.41, 5.74) is 0.479. The molecule has 0 aliphatic carbocycles. The van der Waals surface area contributed by atoms with Gasteiger partial charge in [-0.25, -0.2) is 9.78 Å². The molecule has 1 aromatic carbocycles. The van der Waals surface area contributed by atoms with Crippen molar-refractivity contribution in [2.45, 2.75) is 6.92 Å². The quantitative estimate of drug-likeness (QED) is 0.860. The number of esters is 1. The molecule has 0 unspecified atom stereocenters. The molecule has 7 heteroatoms. The predicted octanol–water partition coefficient (Wildman–Crippen LogP) is 3.82. The molecule has 1 N–H and O–H groups in total. The Hall–Kier alpha value is -2.11. The van der Waals surface area contributed by atoms with Crippen LogP contribution in [0.3, 0.4) is 0 Å². The highest BCUT2D eigenvalue weighted by molar-refractivity contribution is 6.42. The normalized spacial score (nSPS) is 10.1. The fraction of sp³-hybridized carbons (Fsp3) is 0.133. The van der Waals surface area contributed by atoms with Gasteiger partial charge in [-0.3, -0.25) is 4.79 Å². The molecule has 1 amide bonds. The van der Waals surface area contributed by atoms with Crippen LogP contribution in [0.15, 0.2) is 36.5 Å². The third kappa shape index (κ3) is 3.75. The Morgan fingerprint density at radius 1 is 1.23 bits per heavy atom. The number of pyridine rings is 1. The number of anilines is 1. The van der Waals surface area contributed by atoms with Crippen molar-refractivity contribution in [1.29, 1.82) is 0 Å². The van der Waals surface area contributed by atoms with Crippen LogP contribution in [0.2, 0.25) is 10.0 Å². The second kappa shape index (κ2) is 7.24. The van der Waals surface area contributed by atoms with E-state index in [1.54, 1.807) is 13.0 Å². The van der Waals surface area contributed by atoms with Gasteiger partial charge in [-0.15, -0.1) is 0 Å². The first-order valence-corrected chi connectivity index (χ1v) is 7.17. The number of hydrogen-bond donors (Lipinski definition) is 1. The van der Waals surface area contributed by atoms with Crippen LogP contribution in [0.5, 0.6) is 0 Å². The third-order valence-electron chi connectivity index (χ3n) is 2.72. The molecule has 1 heterocycles. The summed E-state index contributed by atoms with van der Waals surface area (Å²) in [6, 6.07) is 7.59. The highest BCUT2D eigenvalue weighted by Gasteiger charge is 2.16. The Morgan fingerprint density at radius 3 is 2.68 bits per heavy atom. The molecule has 1 aromatic heterocycles. The van der Waals surface area contributed by atoms with Crippen LogP contribution in [0, 0.1) is 0 Å². The van der Waals surface area contributed by atoms with E-state index in [1.165, 1.54) is 30.5 Å². The number of carbonyl (C=O) groups is 2. The molecule has 0 fully saturated rings. The zero-order chi connectivity index (χ0) is 16.1. The van der Waals surface area contributed by atoms with Gasteiger partial charge >= 0.3 is 5.97 Å². The average Bonchev–Trinajstić information content (AvgIpc) is 2.50. The lowest BCUT2D eigenvalue weighted by Crippen LogP contribution is -2.17. The van der Waals surface area contributed by atoms with Crippen LogP contribution in [0.25, 0.3) is 0 Å². The molecule has 0 bridgehead atoms. The van der Waals surface area contributed by atoms with E-state index in [4.69, 9.17) is 27.9 Å². The minimum Gasteiger partial charge on any atom is -0.462 e. The number of benzene rings is 1. The van der Waals surface area contributed by atoms with Crippen molar-refractivity contribution in [2.75, 3.05) is 11.9 Å². The summed E-state index contributed by atoms with van der Waals surface area (Å²) in [6.07, 6.45) is 1.47. The zero-order valence-electron chi connectivity index (χ0n) is 11.6. The van der Waals surface area contributed by atoms with Gasteiger partial charge in [0, 0.05) is 11.8 Å². The summed E-state index contributed by atoms with van der Waals surface area (Å²) < 4.78 is 4.92. The summed E-state index contributed by atoms with van der Waals surface area (Å²) in [7, 11) is 0. The lowest BCUT2D eigenvalue weighted by molar-refractivity contribution is 0.0527. The van der Waals surface area contributed by atoms with Gasteiger partial charge in [0.05, 0.1) is 16.7 Å². The summed E-state index contributed by atoms with van der Waals surface area (Å²) in [5, 5.41) is 3.18. The number of rotatable bonds is 4. The fourth-order valence-electron chi connectivity index (χ4n) is 1.70. The Bertz CT molecular complexity index is 720.